The van der Waals surface area contributed by atoms with Gasteiger partial charge in [-0.05, 0) is 39.1 Å². The molecule has 0 spiro atoms. The minimum atomic E-state index is 0.488. The van der Waals surface area contributed by atoms with Gasteiger partial charge in [0, 0.05) is 19.1 Å². The molecular weight excluding hydrogens is 200 g/mol. The second-order valence-corrected chi connectivity index (χ2v) is 4.58. The van der Waals surface area contributed by atoms with Crippen LogP contribution in [0.1, 0.15) is 13.3 Å². The van der Waals surface area contributed by atoms with E-state index in [1.54, 1.807) is 0 Å². The van der Waals surface area contributed by atoms with Crippen LogP contribution in [0.2, 0.25) is 0 Å². The minimum absolute atomic E-state index is 0.488. The summed E-state index contributed by atoms with van der Waals surface area (Å²) in [5, 5.41) is 0. The van der Waals surface area contributed by atoms with Crippen LogP contribution in [-0.2, 0) is 0 Å². The third-order valence-corrected chi connectivity index (χ3v) is 3.10. The molecule has 0 bridgehead atoms. The molecule has 4 heteroatoms. The average Bonchev–Trinajstić information content (AvgIpc) is 2.39. The van der Waals surface area contributed by atoms with Crippen molar-refractivity contribution in [2.75, 3.05) is 37.3 Å². The van der Waals surface area contributed by atoms with Crippen LogP contribution >= 0.6 is 0 Å². The van der Waals surface area contributed by atoms with Gasteiger partial charge in [-0.3, -0.25) is 0 Å². The number of likely N-dealkylation sites (N-methyl/N-ethyl adjacent to an activating group) is 1. The predicted molar refractivity (Wildman–Crippen MR) is 67.6 cm³/mol. The van der Waals surface area contributed by atoms with Crippen molar-refractivity contribution in [3.8, 4) is 0 Å². The zero-order valence-electron chi connectivity index (χ0n) is 10.1. The molecule has 0 aliphatic carbocycles. The van der Waals surface area contributed by atoms with E-state index >= 15 is 0 Å². The second-order valence-electron chi connectivity index (χ2n) is 4.58. The number of nitrogens with two attached hydrogens (primary N) is 1. The molecule has 0 radical (unpaired) electrons. The molecule has 0 amide bonds. The van der Waals surface area contributed by atoms with Crippen molar-refractivity contribution in [1.29, 1.82) is 0 Å². The Balaban J connectivity index is 2.19. The van der Waals surface area contributed by atoms with Gasteiger partial charge < -0.3 is 15.5 Å². The van der Waals surface area contributed by atoms with Gasteiger partial charge in [-0.25, -0.2) is 4.98 Å². The van der Waals surface area contributed by atoms with Gasteiger partial charge >= 0.3 is 0 Å². The SMILES string of the molecule is CC1CN(C)CCCN1c1cccc(N)n1. The van der Waals surface area contributed by atoms with Crippen LogP contribution in [-0.4, -0.2) is 42.6 Å². The summed E-state index contributed by atoms with van der Waals surface area (Å²) in [4.78, 5) is 9.12. The van der Waals surface area contributed by atoms with E-state index in [1.807, 2.05) is 18.2 Å². The fraction of sp³-hybridized carbons (Fsp3) is 0.583. The maximum absolute atomic E-state index is 5.73. The number of anilines is 2. The number of pyridine rings is 1. The topological polar surface area (TPSA) is 45.4 Å². The number of hydrogen-bond acceptors (Lipinski definition) is 4. The molecule has 1 aromatic rings. The first-order chi connectivity index (χ1) is 7.66. The molecule has 1 atom stereocenters. The van der Waals surface area contributed by atoms with Crippen molar-refractivity contribution in [3.63, 3.8) is 0 Å². The van der Waals surface area contributed by atoms with Crippen LogP contribution in [0, 0.1) is 0 Å². The molecule has 1 aromatic heterocycles. The van der Waals surface area contributed by atoms with Crippen LogP contribution in [0.5, 0.6) is 0 Å². The van der Waals surface area contributed by atoms with Gasteiger partial charge in [0.15, 0.2) is 0 Å². The third-order valence-electron chi connectivity index (χ3n) is 3.10. The van der Waals surface area contributed by atoms with E-state index in [4.69, 9.17) is 5.73 Å². The molecule has 4 nitrogen and oxygen atoms in total. The Bertz CT molecular complexity index is 353. The Morgan fingerprint density at radius 1 is 1.38 bits per heavy atom. The van der Waals surface area contributed by atoms with E-state index in [0.717, 1.165) is 25.5 Å². The van der Waals surface area contributed by atoms with Crippen LogP contribution < -0.4 is 10.6 Å². The first-order valence-corrected chi connectivity index (χ1v) is 5.84. The highest BCUT2D eigenvalue weighted by Crippen LogP contribution is 2.18. The Labute approximate surface area is 97.1 Å². The molecule has 0 aromatic carbocycles. The maximum atomic E-state index is 5.73. The van der Waals surface area contributed by atoms with Crippen LogP contribution in [0.4, 0.5) is 11.6 Å². The van der Waals surface area contributed by atoms with Crippen molar-refractivity contribution < 1.29 is 0 Å². The largest absolute Gasteiger partial charge is 0.384 e. The quantitative estimate of drug-likeness (QED) is 0.772. The summed E-state index contributed by atoms with van der Waals surface area (Å²) >= 11 is 0. The van der Waals surface area contributed by atoms with Crippen molar-refractivity contribution in [2.45, 2.75) is 19.4 Å². The van der Waals surface area contributed by atoms with Gasteiger partial charge in [0.05, 0.1) is 0 Å². The molecule has 2 N–H and O–H groups in total. The lowest BCUT2D eigenvalue weighted by Crippen LogP contribution is -2.38. The summed E-state index contributed by atoms with van der Waals surface area (Å²) in [6, 6.07) is 6.33. The molecule has 1 saturated heterocycles. The number of nitrogens with zero attached hydrogens (tertiary/aromatic N) is 3. The lowest BCUT2D eigenvalue weighted by molar-refractivity contribution is 0.337. The summed E-state index contributed by atoms with van der Waals surface area (Å²) in [6.07, 6.45) is 1.18. The van der Waals surface area contributed by atoms with E-state index in [-0.39, 0.29) is 0 Å². The fourth-order valence-electron chi connectivity index (χ4n) is 2.31. The number of rotatable bonds is 1. The highest BCUT2D eigenvalue weighted by molar-refractivity contribution is 5.45. The van der Waals surface area contributed by atoms with Crippen molar-refractivity contribution >= 4 is 11.6 Å². The monoisotopic (exact) mass is 220 g/mol. The Kier molecular flexibility index (Phi) is 3.29. The molecule has 1 aliphatic heterocycles. The number of hydrogen-bond donors (Lipinski definition) is 1. The molecule has 2 heterocycles. The smallest absolute Gasteiger partial charge is 0.131 e. The molecular formula is C12H20N4. The van der Waals surface area contributed by atoms with Gasteiger partial charge in [0.25, 0.3) is 0 Å². The van der Waals surface area contributed by atoms with Crippen molar-refractivity contribution in [2.24, 2.45) is 0 Å². The van der Waals surface area contributed by atoms with E-state index < -0.39 is 0 Å². The summed E-state index contributed by atoms with van der Waals surface area (Å²) in [6.45, 7) is 5.54. The van der Waals surface area contributed by atoms with E-state index in [1.165, 1.54) is 6.42 Å². The average molecular weight is 220 g/mol. The van der Waals surface area contributed by atoms with Gasteiger partial charge in [0.2, 0.25) is 0 Å². The van der Waals surface area contributed by atoms with E-state index in [0.29, 0.717) is 11.9 Å². The zero-order valence-corrected chi connectivity index (χ0v) is 10.1. The summed E-state index contributed by atoms with van der Waals surface area (Å²) < 4.78 is 0. The Morgan fingerprint density at radius 3 is 2.94 bits per heavy atom. The predicted octanol–water partition coefficient (Wildman–Crippen LogP) is 1.19. The zero-order chi connectivity index (χ0) is 11.5. The standard InChI is InChI=1S/C12H20N4/c1-10-9-15(2)7-4-8-16(10)12-6-3-5-11(13)14-12/h3,5-6,10H,4,7-9H2,1-2H3,(H2,13,14). The number of aromatic nitrogens is 1. The molecule has 1 fully saturated rings. The highest BCUT2D eigenvalue weighted by Gasteiger charge is 2.20. The maximum Gasteiger partial charge on any atom is 0.131 e. The molecule has 0 saturated carbocycles. The number of nitrogen functional groups attached to an aromatic ring is 1. The normalized spacial score (nSPS) is 23.1. The Morgan fingerprint density at radius 2 is 2.19 bits per heavy atom. The molecule has 2 rings (SSSR count). The lowest BCUT2D eigenvalue weighted by atomic mass is 10.2. The Hall–Kier alpha value is -1.29. The first-order valence-electron chi connectivity index (χ1n) is 5.84. The van der Waals surface area contributed by atoms with Crippen LogP contribution in [0.3, 0.4) is 0 Å². The van der Waals surface area contributed by atoms with Crippen LogP contribution in [0.15, 0.2) is 18.2 Å². The fourth-order valence-corrected chi connectivity index (χ4v) is 2.31. The van der Waals surface area contributed by atoms with Gasteiger partial charge in [0.1, 0.15) is 11.6 Å². The molecule has 1 aliphatic rings. The minimum Gasteiger partial charge on any atom is -0.384 e. The van der Waals surface area contributed by atoms with E-state index in [2.05, 4.69) is 28.8 Å². The van der Waals surface area contributed by atoms with Gasteiger partial charge in [-0.2, -0.15) is 0 Å². The van der Waals surface area contributed by atoms with Gasteiger partial charge in [-0.15, -0.1) is 0 Å². The molecule has 16 heavy (non-hydrogen) atoms. The van der Waals surface area contributed by atoms with Gasteiger partial charge in [-0.1, -0.05) is 6.07 Å². The summed E-state index contributed by atoms with van der Waals surface area (Å²) in [7, 11) is 2.17. The summed E-state index contributed by atoms with van der Waals surface area (Å²) in [5.74, 6) is 1.60. The van der Waals surface area contributed by atoms with E-state index in [9.17, 15) is 0 Å². The molecule has 88 valence electrons. The summed E-state index contributed by atoms with van der Waals surface area (Å²) in [5.41, 5.74) is 5.73. The first kappa shape index (κ1) is 11.2. The van der Waals surface area contributed by atoms with Crippen molar-refractivity contribution in [3.05, 3.63) is 18.2 Å². The highest BCUT2D eigenvalue weighted by atomic mass is 15.3. The second kappa shape index (κ2) is 4.70. The third kappa shape index (κ3) is 2.44. The van der Waals surface area contributed by atoms with Crippen LogP contribution in [0.25, 0.3) is 0 Å². The lowest BCUT2D eigenvalue weighted by Gasteiger charge is -2.29. The molecule has 1 unspecified atom stereocenters. The van der Waals surface area contributed by atoms with Crippen molar-refractivity contribution in [1.82, 2.24) is 9.88 Å².